The van der Waals surface area contributed by atoms with E-state index in [1.807, 2.05) is 0 Å². The van der Waals surface area contributed by atoms with Crippen molar-refractivity contribution in [2.75, 3.05) is 26.3 Å². The van der Waals surface area contributed by atoms with Gasteiger partial charge in [0.2, 0.25) is 0 Å². The predicted molar refractivity (Wildman–Crippen MR) is 53.0 cm³/mol. The summed E-state index contributed by atoms with van der Waals surface area (Å²) in [5.74, 6) is 0. The van der Waals surface area contributed by atoms with Gasteiger partial charge in [0.25, 0.3) is 0 Å². The zero-order valence-corrected chi connectivity index (χ0v) is 8.80. The van der Waals surface area contributed by atoms with E-state index in [-0.39, 0.29) is 0 Å². The molecule has 1 unspecified atom stereocenters. The second-order valence-electron chi connectivity index (χ2n) is 4.92. The highest BCUT2D eigenvalue weighted by atomic mass is 15.6. The minimum atomic E-state index is 0.302. The number of nitrogens with zero attached hydrogens (tertiary/aromatic N) is 2. The Labute approximate surface area is 80.2 Å². The van der Waals surface area contributed by atoms with Crippen LogP contribution in [0, 0.1) is 0 Å². The van der Waals surface area contributed by atoms with Crippen LogP contribution in [0.4, 0.5) is 0 Å². The molecule has 0 saturated carbocycles. The van der Waals surface area contributed by atoms with Gasteiger partial charge in [0.05, 0.1) is 12.8 Å². The average Bonchev–Trinajstić information content (AvgIpc) is 2.47. The summed E-state index contributed by atoms with van der Waals surface area (Å²) in [5, 5.41) is 0. The Kier molecular flexibility index (Phi) is 2.32. The lowest BCUT2D eigenvalue weighted by atomic mass is 10.0. The summed E-state index contributed by atoms with van der Waals surface area (Å²) in [5.41, 5.74) is 6.78. The first kappa shape index (κ1) is 9.40. The third-order valence-corrected chi connectivity index (χ3v) is 2.99. The molecule has 0 amide bonds. The van der Waals surface area contributed by atoms with Crippen LogP contribution in [0.15, 0.2) is 0 Å². The maximum Gasteiger partial charge on any atom is 0.0869 e. The lowest BCUT2D eigenvalue weighted by Crippen LogP contribution is -2.58. The van der Waals surface area contributed by atoms with Gasteiger partial charge in [-0.3, -0.25) is 9.80 Å². The molecule has 0 aromatic rings. The van der Waals surface area contributed by atoms with Crippen LogP contribution < -0.4 is 10.9 Å². The van der Waals surface area contributed by atoms with Crippen LogP contribution in [-0.4, -0.2) is 47.8 Å². The summed E-state index contributed by atoms with van der Waals surface area (Å²) < 4.78 is 0. The standard InChI is InChI=1S/C9H20N4/c1-9(2,3)13-5-4-12-7-10-11-8(12)6-13/h8,10-11H,4-7H2,1-3H3. The SMILES string of the molecule is CC(C)(C)N1CCN2CNNC2C1. The molecule has 2 fully saturated rings. The molecule has 76 valence electrons. The lowest BCUT2D eigenvalue weighted by Gasteiger charge is -2.43. The van der Waals surface area contributed by atoms with E-state index >= 15 is 0 Å². The lowest BCUT2D eigenvalue weighted by molar-refractivity contribution is 0.0355. The van der Waals surface area contributed by atoms with E-state index in [0.717, 1.165) is 13.2 Å². The number of hydrogen-bond donors (Lipinski definition) is 2. The number of piperazine rings is 1. The fourth-order valence-electron chi connectivity index (χ4n) is 2.02. The van der Waals surface area contributed by atoms with Gasteiger partial charge >= 0.3 is 0 Å². The molecule has 0 aliphatic carbocycles. The van der Waals surface area contributed by atoms with Crippen molar-refractivity contribution in [2.45, 2.75) is 32.5 Å². The quantitative estimate of drug-likeness (QED) is 0.545. The highest BCUT2D eigenvalue weighted by molar-refractivity contribution is 4.88. The third-order valence-electron chi connectivity index (χ3n) is 2.99. The van der Waals surface area contributed by atoms with Crippen LogP contribution in [-0.2, 0) is 0 Å². The molecule has 1 atom stereocenters. The van der Waals surface area contributed by atoms with E-state index in [1.54, 1.807) is 0 Å². The van der Waals surface area contributed by atoms with Crippen LogP contribution >= 0.6 is 0 Å². The maximum absolute atomic E-state index is 3.29. The van der Waals surface area contributed by atoms with E-state index in [4.69, 9.17) is 0 Å². The van der Waals surface area contributed by atoms with Crippen molar-refractivity contribution in [1.82, 2.24) is 20.7 Å². The Balaban J connectivity index is 1.97. The van der Waals surface area contributed by atoms with Crippen molar-refractivity contribution in [3.8, 4) is 0 Å². The molecule has 2 saturated heterocycles. The molecule has 2 N–H and O–H groups in total. The van der Waals surface area contributed by atoms with Crippen molar-refractivity contribution >= 4 is 0 Å². The van der Waals surface area contributed by atoms with Crippen molar-refractivity contribution in [2.24, 2.45) is 0 Å². The van der Waals surface area contributed by atoms with Gasteiger partial charge in [0, 0.05) is 25.2 Å². The molecule has 4 heteroatoms. The van der Waals surface area contributed by atoms with Crippen LogP contribution in [0.5, 0.6) is 0 Å². The van der Waals surface area contributed by atoms with Crippen LogP contribution in [0.2, 0.25) is 0 Å². The summed E-state index contributed by atoms with van der Waals surface area (Å²) in [7, 11) is 0. The van der Waals surface area contributed by atoms with Crippen molar-refractivity contribution in [3.05, 3.63) is 0 Å². The van der Waals surface area contributed by atoms with E-state index in [9.17, 15) is 0 Å². The zero-order valence-electron chi connectivity index (χ0n) is 8.80. The third kappa shape index (κ3) is 1.86. The number of hydrazine groups is 1. The summed E-state index contributed by atoms with van der Waals surface area (Å²) in [6.45, 7) is 11.3. The molecule has 2 aliphatic rings. The van der Waals surface area contributed by atoms with Gasteiger partial charge in [-0.25, -0.2) is 10.9 Å². The normalized spacial score (nSPS) is 32.1. The second kappa shape index (κ2) is 3.20. The van der Waals surface area contributed by atoms with E-state index in [1.165, 1.54) is 13.1 Å². The summed E-state index contributed by atoms with van der Waals surface area (Å²) in [6.07, 6.45) is 0.507. The van der Waals surface area contributed by atoms with Crippen LogP contribution in [0.25, 0.3) is 0 Å². The van der Waals surface area contributed by atoms with E-state index in [2.05, 4.69) is 41.4 Å². The van der Waals surface area contributed by atoms with Gasteiger partial charge in [-0.1, -0.05) is 0 Å². The molecule has 0 aromatic carbocycles. The molecule has 4 nitrogen and oxygen atoms in total. The van der Waals surface area contributed by atoms with Gasteiger partial charge < -0.3 is 0 Å². The highest BCUT2D eigenvalue weighted by Gasteiger charge is 2.34. The molecular weight excluding hydrogens is 164 g/mol. The Morgan fingerprint density at radius 1 is 1.23 bits per heavy atom. The summed E-state index contributed by atoms with van der Waals surface area (Å²) in [6, 6.07) is 0. The molecule has 2 heterocycles. The minimum Gasteiger partial charge on any atom is -0.294 e. The average molecular weight is 184 g/mol. The molecule has 2 rings (SSSR count). The highest BCUT2D eigenvalue weighted by Crippen LogP contribution is 2.18. The Morgan fingerprint density at radius 3 is 2.69 bits per heavy atom. The maximum atomic E-state index is 3.29. The smallest absolute Gasteiger partial charge is 0.0869 e. The fraction of sp³-hybridized carbons (Fsp3) is 1.00. The summed E-state index contributed by atoms with van der Waals surface area (Å²) in [4.78, 5) is 4.98. The number of hydrogen-bond acceptors (Lipinski definition) is 4. The second-order valence-corrected chi connectivity index (χ2v) is 4.92. The van der Waals surface area contributed by atoms with Crippen molar-refractivity contribution in [3.63, 3.8) is 0 Å². The van der Waals surface area contributed by atoms with Crippen molar-refractivity contribution < 1.29 is 0 Å². The molecule has 0 aromatic heterocycles. The minimum absolute atomic E-state index is 0.302. The fourth-order valence-corrected chi connectivity index (χ4v) is 2.02. The van der Waals surface area contributed by atoms with E-state index in [0.29, 0.717) is 11.7 Å². The Morgan fingerprint density at radius 2 is 2.00 bits per heavy atom. The summed E-state index contributed by atoms with van der Waals surface area (Å²) >= 11 is 0. The number of fused-ring (bicyclic) bond motifs is 1. The van der Waals surface area contributed by atoms with E-state index < -0.39 is 0 Å². The van der Waals surface area contributed by atoms with Crippen LogP contribution in [0.3, 0.4) is 0 Å². The molecule has 0 radical (unpaired) electrons. The molecular formula is C9H20N4. The predicted octanol–water partition coefficient (Wildman–Crippen LogP) is -0.206. The molecule has 0 spiro atoms. The molecule has 0 bridgehead atoms. The monoisotopic (exact) mass is 184 g/mol. The first-order valence-electron chi connectivity index (χ1n) is 5.05. The number of rotatable bonds is 0. The van der Waals surface area contributed by atoms with Gasteiger partial charge in [-0.05, 0) is 20.8 Å². The van der Waals surface area contributed by atoms with Crippen molar-refractivity contribution in [1.29, 1.82) is 0 Å². The first-order chi connectivity index (χ1) is 6.07. The van der Waals surface area contributed by atoms with Gasteiger partial charge in [-0.15, -0.1) is 0 Å². The Hall–Kier alpha value is -0.160. The number of nitrogens with one attached hydrogen (secondary N) is 2. The van der Waals surface area contributed by atoms with Gasteiger partial charge in [0.15, 0.2) is 0 Å². The zero-order chi connectivity index (χ0) is 9.47. The van der Waals surface area contributed by atoms with Crippen LogP contribution in [0.1, 0.15) is 20.8 Å². The molecule has 2 aliphatic heterocycles. The largest absolute Gasteiger partial charge is 0.294 e. The van der Waals surface area contributed by atoms with Gasteiger partial charge in [0.1, 0.15) is 0 Å². The Bertz CT molecular complexity index is 187. The molecule has 13 heavy (non-hydrogen) atoms. The topological polar surface area (TPSA) is 30.5 Å². The first-order valence-corrected chi connectivity index (χ1v) is 5.05. The van der Waals surface area contributed by atoms with Gasteiger partial charge in [-0.2, -0.15) is 0 Å².